The van der Waals surface area contributed by atoms with Crippen LogP contribution in [0.4, 0.5) is 0 Å². The van der Waals surface area contributed by atoms with Crippen molar-refractivity contribution in [3.63, 3.8) is 0 Å². The van der Waals surface area contributed by atoms with Gasteiger partial charge in [-0.25, -0.2) is 0 Å². The molecule has 5 aromatic rings. The van der Waals surface area contributed by atoms with E-state index in [0.29, 0.717) is 0 Å². The molecule has 0 radical (unpaired) electrons. The summed E-state index contributed by atoms with van der Waals surface area (Å²) in [6.45, 7) is 2.09. The van der Waals surface area contributed by atoms with Crippen LogP contribution in [0, 0.1) is 6.92 Å². The lowest BCUT2D eigenvalue weighted by molar-refractivity contribution is 0.669. The minimum Gasteiger partial charge on any atom is -0.456 e. The van der Waals surface area contributed by atoms with Gasteiger partial charge in [0.2, 0.25) is 0 Å². The van der Waals surface area contributed by atoms with Crippen LogP contribution in [0.15, 0.2) is 89.5 Å². The maximum absolute atomic E-state index is 6.11. The van der Waals surface area contributed by atoms with Gasteiger partial charge in [-0.3, -0.25) is 4.98 Å². The third kappa shape index (κ3) is 2.47. The van der Waals surface area contributed by atoms with E-state index in [2.05, 4.69) is 72.6 Å². The lowest BCUT2D eigenvalue weighted by Gasteiger charge is -2.02. The van der Waals surface area contributed by atoms with E-state index in [9.17, 15) is 0 Å². The monoisotopic (exact) mass is 335 g/mol. The predicted octanol–water partition coefficient (Wildman–Crippen LogP) is 6.62. The van der Waals surface area contributed by atoms with Gasteiger partial charge in [0.1, 0.15) is 11.2 Å². The first-order chi connectivity index (χ1) is 12.8. The molecule has 0 fully saturated rings. The molecule has 2 heterocycles. The van der Waals surface area contributed by atoms with E-state index < -0.39 is 0 Å². The largest absolute Gasteiger partial charge is 0.456 e. The van der Waals surface area contributed by atoms with Crippen LogP contribution >= 0.6 is 0 Å². The fourth-order valence-electron chi connectivity index (χ4n) is 3.44. The Labute approximate surface area is 151 Å². The molecule has 0 N–H and O–H groups in total. The van der Waals surface area contributed by atoms with Gasteiger partial charge in [-0.05, 0) is 66.1 Å². The van der Waals surface area contributed by atoms with Crippen molar-refractivity contribution in [1.29, 1.82) is 0 Å². The summed E-state index contributed by atoms with van der Waals surface area (Å²) in [5.41, 5.74) is 7.48. The molecule has 0 aliphatic carbocycles. The zero-order valence-corrected chi connectivity index (χ0v) is 14.4. The number of hydrogen-bond acceptors (Lipinski definition) is 2. The summed E-state index contributed by atoms with van der Waals surface area (Å²) in [5.74, 6) is 0. The van der Waals surface area contributed by atoms with Crippen molar-refractivity contribution in [2.24, 2.45) is 0 Å². The summed E-state index contributed by atoms with van der Waals surface area (Å²) < 4.78 is 6.11. The third-order valence-corrected chi connectivity index (χ3v) is 4.79. The van der Waals surface area contributed by atoms with Gasteiger partial charge in [0.15, 0.2) is 0 Å². The summed E-state index contributed by atoms with van der Waals surface area (Å²) in [7, 11) is 0. The molecule has 0 amide bonds. The lowest BCUT2D eigenvalue weighted by atomic mass is 10.0. The van der Waals surface area contributed by atoms with Crippen molar-refractivity contribution in [1.82, 2.24) is 4.98 Å². The van der Waals surface area contributed by atoms with Crippen LogP contribution < -0.4 is 0 Å². The second-order valence-corrected chi connectivity index (χ2v) is 6.61. The van der Waals surface area contributed by atoms with Crippen LogP contribution in [-0.4, -0.2) is 4.98 Å². The molecule has 0 bridgehead atoms. The molecule has 0 spiro atoms. The maximum Gasteiger partial charge on any atom is 0.136 e. The molecule has 124 valence electrons. The minimum absolute atomic E-state index is 0.904. The molecule has 0 aliphatic heterocycles. The van der Waals surface area contributed by atoms with Gasteiger partial charge >= 0.3 is 0 Å². The highest BCUT2D eigenvalue weighted by atomic mass is 16.3. The first-order valence-corrected chi connectivity index (χ1v) is 8.73. The Morgan fingerprint density at radius 3 is 2.35 bits per heavy atom. The Hall–Kier alpha value is -3.39. The average Bonchev–Trinajstić information content (AvgIpc) is 3.05. The molecule has 26 heavy (non-hydrogen) atoms. The Bertz CT molecular complexity index is 1240. The molecule has 0 saturated heterocycles. The number of nitrogens with zero attached hydrogens (tertiary/aromatic N) is 1. The summed E-state index contributed by atoms with van der Waals surface area (Å²) in [5, 5.41) is 2.26. The number of fused-ring (bicyclic) bond motifs is 3. The first kappa shape index (κ1) is 14.9. The fraction of sp³-hybridized carbons (Fsp3) is 0.0417. The molecule has 2 nitrogen and oxygen atoms in total. The molecule has 5 rings (SSSR count). The van der Waals surface area contributed by atoms with Gasteiger partial charge in [0.05, 0.1) is 5.69 Å². The number of aryl methyl sites for hydroxylation is 1. The highest BCUT2D eigenvalue weighted by Crippen LogP contribution is 2.34. The van der Waals surface area contributed by atoms with Gasteiger partial charge in [0.25, 0.3) is 0 Å². The molecule has 2 heteroatoms. The van der Waals surface area contributed by atoms with Crippen LogP contribution in [0.1, 0.15) is 5.56 Å². The number of benzene rings is 3. The highest BCUT2D eigenvalue weighted by molar-refractivity contribution is 6.07. The van der Waals surface area contributed by atoms with Crippen molar-refractivity contribution in [3.8, 4) is 22.4 Å². The van der Waals surface area contributed by atoms with E-state index in [1.54, 1.807) is 0 Å². The maximum atomic E-state index is 6.11. The molecule has 0 atom stereocenters. The number of hydrogen-bond donors (Lipinski definition) is 0. The van der Waals surface area contributed by atoms with E-state index >= 15 is 0 Å². The zero-order chi connectivity index (χ0) is 17.5. The molecule has 0 saturated carbocycles. The fourth-order valence-corrected chi connectivity index (χ4v) is 3.44. The highest BCUT2D eigenvalue weighted by Gasteiger charge is 2.10. The molecule has 0 aliphatic rings. The second kappa shape index (κ2) is 5.85. The Morgan fingerprint density at radius 2 is 1.50 bits per heavy atom. The van der Waals surface area contributed by atoms with Gasteiger partial charge in [-0.1, -0.05) is 36.4 Å². The number of pyridine rings is 1. The first-order valence-electron chi connectivity index (χ1n) is 8.73. The third-order valence-electron chi connectivity index (χ3n) is 4.79. The van der Waals surface area contributed by atoms with E-state index in [0.717, 1.165) is 38.8 Å². The molecular formula is C24H17NO. The summed E-state index contributed by atoms with van der Waals surface area (Å²) in [6.07, 6.45) is 1.86. The Balaban J connectivity index is 1.68. The van der Waals surface area contributed by atoms with E-state index in [1.165, 1.54) is 11.1 Å². The van der Waals surface area contributed by atoms with Crippen LogP contribution in [0.3, 0.4) is 0 Å². The standard InChI is InChI=1S/C24H17NO/c1-16-11-12-25-22(13-16)19-8-10-23-21(14-19)20-9-7-18(15-24(20)26-23)17-5-3-2-4-6-17/h2-15H,1H3. The van der Waals surface area contributed by atoms with Crippen LogP contribution in [0.5, 0.6) is 0 Å². The van der Waals surface area contributed by atoms with Gasteiger partial charge in [-0.15, -0.1) is 0 Å². The van der Waals surface area contributed by atoms with Crippen molar-refractivity contribution < 1.29 is 4.42 Å². The zero-order valence-electron chi connectivity index (χ0n) is 14.4. The van der Waals surface area contributed by atoms with E-state index in [1.807, 2.05) is 24.4 Å². The Morgan fingerprint density at radius 1 is 0.654 bits per heavy atom. The van der Waals surface area contributed by atoms with E-state index in [-0.39, 0.29) is 0 Å². The van der Waals surface area contributed by atoms with Crippen molar-refractivity contribution in [2.75, 3.05) is 0 Å². The van der Waals surface area contributed by atoms with Crippen molar-refractivity contribution in [3.05, 3.63) is 90.6 Å². The molecule has 3 aromatic carbocycles. The SMILES string of the molecule is Cc1ccnc(-c2ccc3oc4cc(-c5ccccc5)ccc4c3c2)c1. The quantitative estimate of drug-likeness (QED) is 0.362. The van der Waals surface area contributed by atoms with Crippen LogP contribution in [0.25, 0.3) is 44.3 Å². The van der Waals surface area contributed by atoms with Crippen molar-refractivity contribution in [2.45, 2.75) is 6.92 Å². The van der Waals surface area contributed by atoms with Gasteiger partial charge < -0.3 is 4.42 Å². The minimum atomic E-state index is 0.904. The second-order valence-electron chi connectivity index (χ2n) is 6.61. The summed E-state index contributed by atoms with van der Waals surface area (Å²) in [4.78, 5) is 4.50. The predicted molar refractivity (Wildman–Crippen MR) is 107 cm³/mol. The topological polar surface area (TPSA) is 26.0 Å². The van der Waals surface area contributed by atoms with E-state index in [4.69, 9.17) is 4.42 Å². The van der Waals surface area contributed by atoms with Crippen LogP contribution in [-0.2, 0) is 0 Å². The normalized spacial score (nSPS) is 11.3. The summed E-state index contributed by atoms with van der Waals surface area (Å²) in [6, 6.07) is 27.2. The number of aromatic nitrogens is 1. The summed E-state index contributed by atoms with van der Waals surface area (Å²) >= 11 is 0. The smallest absolute Gasteiger partial charge is 0.136 e. The number of furan rings is 1. The molecule has 2 aromatic heterocycles. The number of rotatable bonds is 2. The van der Waals surface area contributed by atoms with Crippen LogP contribution in [0.2, 0.25) is 0 Å². The average molecular weight is 335 g/mol. The molecule has 0 unspecified atom stereocenters. The Kier molecular flexibility index (Phi) is 3.36. The van der Waals surface area contributed by atoms with Gasteiger partial charge in [-0.2, -0.15) is 0 Å². The molecular weight excluding hydrogens is 318 g/mol. The van der Waals surface area contributed by atoms with Crippen molar-refractivity contribution >= 4 is 21.9 Å². The lowest BCUT2D eigenvalue weighted by Crippen LogP contribution is -1.84. The van der Waals surface area contributed by atoms with Gasteiger partial charge in [0, 0.05) is 22.5 Å².